The maximum absolute atomic E-state index is 9.90. The molecule has 0 bridgehead atoms. The van der Waals surface area contributed by atoms with E-state index in [1.807, 2.05) is 13.8 Å². The standard InChI is InChI=1S/C5H12O3S/c1-5(2)8-3-4-9(6)7/h5H,3-4H2,1-2H3,(H,6,7)/p-1. The van der Waals surface area contributed by atoms with Crippen LogP contribution in [0.5, 0.6) is 0 Å². The summed E-state index contributed by atoms with van der Waals surface area (Å²) >= 11 is -1.96. The summed E-state index contributed by atoms with van der Waals surface area (Å²) < 4.78 is 24.8. The first-order valence-electron chi connectivity index (χ1n) is 2.80. The van der Waals surface area contributed by atoms with Gasteiger partial charge in [-0.3, -0.25) is 4.21 Å². The van der Waals surface area contributed by atoms with Crippen LogP contribution >= 0.6 is 0 Å². The van der Waals surface area contributed by atoms with Crippen molar-refractivity contribution < 1.29 is 13.5 Å². The Hall–Kier alpha value is 0.0700. The van der Waals surface area contributed by atoms with Crippen LogP contribution in [0.4, 0.5) is 0 Å². The first-order chi connectivity index (χ1) is 4.13. The van der Waals surface area contributed by atoms with Crippen molar-refractivity contribution >= 4 is 11.1 Å². The van der Waals surface area contributed by atoms with Crippen molar-refractivity contribution in [2.45, 2.75) is 20.0 Å². The van der Waals surface area contributed by atoms with Crippen molar-refractivity contribution in [3.63, 3.8) is 0 Å². The Labute approximate surface area is 57.7 Å². The van der Waals surface area contributed by atoms with Crippen molar-refractivity contribution in [3.8, 4) is 0 Å². The molecule has 0 aromatic carbocycles. The monoisotopic (exact) mass is 151 g/mol. The highest BCUT2D eigenvalue weighted by Gasteiger charge is 1.90. The van der Waals surface area contributed by atoms with E-state index in [0.29, 0.717) is 6.61 Å². The Morgan fingerprint density at radius 2 is 2.22 bits per heavy atom. The zero-order valence-electron chi connectivity index (χ0n) is 5.62. The molecule has 0 aliphatic rings. The predicted octanol–water partition coefficient (Wildman–Crippen LogP) is 0.290. The van der Waals surface area contributed by atoms with Gasteiger partial charge in [0.05, 0.1) is 12.7 Å². The van der Waals surface area contributed by atoms with E-state index >= 15 is 0 Å². The van der Waals surface area contributed by atoms with E-state index < -0.39 is 11.1 Å². The maximum Gasteiger partial charge on any atom is 0.0573 e. The Kier molecular flexibility index (Phi) is 4.94. The van der Waals surface area contributed by atoms with Gasteiger partial charge >= 0.3 is 0 Å². The second-order valence-corrected chi connectivity index (χ2v) is 2.94. The summed E-state index contributed by atoms with van der Waals surface area (Å²) in [7, 11) is 0. The minimum absolute atomic E-state index is 0.0954. The second-order valence-electron chi connectivity index (χ2n) is 1.93. The summed E-state index contributed by atoms with van der Waals surface area (Å²) in [6.45, 7) is 4.04. The van der Waals surface area contributed by atoms with Crippen molar-refractivity contribution in [2.75, 3.05) is 12.4 Å². The zero-order chi connectivity index (χ0) is 7.28. The summed E-state index contributed by atoms with van der Waals surface area (Å²) in [5.74, 6) is 0.0954. The molecule has 0 amide bonds. The molecule has 9 heavy (non-hydrogen) atoms. The lowest BCUT2D eigenvalue weighted by Gasteiger charge is -2.07. The molecule has 1 unspecified atom stereocenters. The van der Waals surface area contributed by atoms with Gasteiger partial charge in [-0.05, 0) is 13.8 Å². The maximum atomic E-state index is 9.90. The molecule has 0 radical (unpaired) electrons. The minimum Gasteiger partial charge on any atom is -0.772 e. The highest BCUT2D eigenvalue weighted by atomic mass is 32.2. The molecule has 56 valence electrons. The topological polar surface area (TPSA) is 49.4 Å². The lowest BCUT2D eigenvalue weighted by atomic mass is 10.5. The van der Waals surface area contributed by atoms with E-state index in [9.17, 15) is 8.76 Å². The summed E-state index contributed by atoms with van der Waals surface area (Å²) in [6, 6.07) is 0. The molecule has 0 fully saturated rings. The van der Waals surface area contributed by atoms with Crippen LogP contribution in [-0.2, 0) is 15.8 Å². The average Bonchev–Trinajstić information content (AvgIpc) is 1.63. The van der Waals surface area contributed by atoms with Crippen LogP contribution in [0.25, 0.3) is 0 Å². The molecule has 0 spiro atoms. The summed E-state index contributed by atoms with van der Waals surface area (Å²) in [6.07, 6.45) is 0.119. The first kappa shape index (κ1) is 9.07. The van der Waals surface area contributed by atoms with Crippen LogP contribution in [-0.4, -0.2) is 27.2 Å². The summed E-state index contributed by atoms with van der Waals surface area (Å²) in [5, 5.41) is 0. The van der Waals surface area contributed by atoms with Gasteiger partial charge in [-0.15, -0.1) is 0 Å². The van der Waals surface area contributed by atoms with Crippen LogP contribution < -0.4 is 0 Å². The van der Waals surface area contributed by atoms with Gasteiger partial charge in [0, 0.05) is 5.75 Å². The molecule has 4 heteroatoms. The summed E-state index contributed by atoms with van der Waals surface area (Å²) in [5.41, 5.74) is 0. The van der Waals surface area contributed by atoms with Crippen molar-refractivity contribution in [1.82, 2.24) is 0 Å². The van der Waals surface area contributed by atoms with Crippen LogP contribution in [0.15, 0.2) is 0 Å². The molecular formula is C5H11O3S-. The average molecular weight is 151 g/mol. The normalized spacial score (nSPS) is 14.2. The van der Waals surface area contributed by atoms with E-state index in [-0.39, 0.29) is 11.9 Å². The number of ether oxygens (including phenoxy) is 1. The Morgan fingerprint density at radius 3 is 2.56 bits per heavy atom. The van der Waals surface area contributed by atoms with Crippen molar-refractivity contribution in [2.24, 2.45) is 0 Å². The fraction of sp³-hybridized carbons (Fsp3) is 1.00. The molecular weight excluding hydrogens is 140 g/mol. The van der Waals surface area contributed by atoms with Gasteiger partial charge in [-0.25, -0.2) is 0 Å². The van der Waals surface area contributed by atoms with Gasteiger partial charge in [0.1, 0.15) is 0 Å². The molecule has 0 saturated carbocycles. The van der Waals surface area contributed by atoms with Gasteiger partial charge in [0.15, 0.2) is 0 Å². The molecule has 1 atom stereocenters. The molecule has 0 saturated heterocycles. The third kappa shape index (κ3) is 8.07. The molecule has 0 N–H and O–H groups in total. The molecule has 0 heterocycles. The van der Waals surface area contributed by atoms with E-state index in [2.05, 4.69) is 0 Å². The van der Waals surface area contributed by atoms with Crippen LogP contribution in [0.2, 0.25) is 0 Å². The molecule has 0 aromatic rings. The third-order valence-electron chi connectivity index (χ3n) is 0.701. The molecule has 0 aromatic heterocycles. The summed E-state index contributed by atoms with van der Waals surface area (Å²) in [4.78, 5) is 0. The third-order valence-corrected chi connectivity index (χ3v) is 1.20. The number of hydrogen-bond donors (Lipinski definition) is 0. The van der Waals surface area contributed by atoms with Gasteiger partial charge < -0.3 is 9.29 Å². The second kappa shape index (κ2) is 4.90. The fourth-order valence-electron chi connectivity index (χ4n) is 0.352. The highest BCUT2D eigenvalue weighted by Crippen LogP contribution is 1.86. The molecule has 0 rings (SSSR count). The molecule has 0 aliphatic heterocycles. The Morgan fingerprint density at radius 1 is 1.67 bits per heavy atom. The van der Waals surface area contributed by atoms with Crippen LogP contribution in [0.1, 0.15) is 13.8 Å². The van der Waals surface area contributed by atoms with Crippen molar-refractivity contribution in [3.05, 3.63) is 0 Å². The van der Waals surface area contributed by atoms with Crippen LogP contribution in [0, 0.1) is 0 Å². The van der Waals surface area contributed by atoms with Gasteiger partial charge in [-0.1, -0.05) is 11.1 Å². The lowest BCUT2D eigenvalue weighted by Crippen LogP contribution is -2.10. The molecule has 3 nitrogen and oxygen atoms in total. The zero-order valence-corrected chi connectivity index (χ0v) is 6.44. The smallest absolute Gasteiger partial charge is 0.0573 e. The van der Waals surface area contributed by atoms with E-state index in [1.165, 1.54) is 0 Å². The highest BCUT2D eigenvalue weighted by molar-refractivity contribution is 7.79. The Bertz CT molecular complexity index is 92.2. The minimum atomic E-state index is -1.96. The first-order valence-corrected chi connectivity index (χ1v) is 4.05. The van der Waals surface area contributed by atoms with Crippen LogP contribution in [0.3, 0.4) is 0 Å². The predicted molar refractivity (Wildman–Crippen MR) is 34.9 cm³/mol. The van der Waals surface area contributed by atoms with E-state index in [4.69, 9.17) is 4.74 Å². The SMILES string of the molecule is CC(C)OCCS(=O)[O-]. The fourth-order valence-corrected chi connectivity index (χ4v) is 0.584. The molecule has 0 aliphatic carbocycles. The van der Waals surface area contributed by atoms with Gasteiger partial charge in [0.2, 0.25) is 0 Å². The quantitative estimate of drug-likeness (QED) is 0.543. The van der Waals surface area contributed by atoms with E-state index in [1.54, 1.807) is 0 Å². The van der Waals surface area contributed by atoms with Crippen molar-refractivity contribution in [1.29, 1.82) is 0 Å². The van der Waals surface area contributed by atoms with Gasteiger partial charge in [0.25, 0.3) is 0 Å². The van der Waals surface area contributed by atoms with Gasteiger partial charge in [-0.2, -0.15) is 0 Å². The Balaban J connectivity index is 3.01. The number of hydrogen-bond acceptors (Lipinski definition) is 3. The lowest BCUT2D eigenvalue weighted by molar-refractivity contribution is 0.0911. The largest absolute Gasteiger partial charge is 0.772 e. The van der Waals surface area contributed by atoms with E-state index in [0.717, 1.165) is 0 Å². The number of rotatable bonds is 4.